The van der Waals surface area contributed by atoms with E-state index in [-0.39, 0.29) is 23.9 Å². The first kappa shape index (κ1) is 23.2. The highest BCUT2D eigenvalue weighted by Crippen LogP contribution is 2.32. The van der Waals surface area contributed by atoms with Crippen LogP contribution < -0.4 is 11.1 Å². The Bertz CT molecular complexity index is 802. The minimum Gasteiger partial charge on any atom is -0.378 e. The number of rotatable bonds is 7. The van der Waals surface area contributed by atoms with Crippen molar-refractivity contribution in [1.82, 2.24) is 15.1 Å². The number of amides is 2. The normalized spacial score (nSPS) is 23.1. The third-order valence-corrected chi connectivity index (χ3v) is 7.44. The van der Waals surface area contributed by atoms with Crippen molar-refractivity contribution in [1.29, 1.82) is 0 Å². The zero-order valence-electron chi connectivity index (χ0n) is 19.4. The molecule has 3 N–H and O–H groups in total. The summed E-state index contributed by atoms with van der Waals surface area (Å²) in [6.45, 7) is 7.63. The first-order valence-electron chi connectivity index (χ1n) is 12.3. The number of hydrogen-bond donors (Lipinski definition) is 2. The lowest BCUT2D eigenvalue weighted by molar-refractivity contribution is -0.145. The van der Waals surface area contributed by atoms with Gasteiger partial charge in [0, 0.05) is 24.7 Å². The third-order valence-electron chi connectivity index (χ3n) is 7.44. The molecule has 1 aromatic rings. The Balaban J connectivity index is 1.64. The number of morpholine rings is 1. The van der Waals surface area contributed by atoms with E-state index < -0.39 is 0 Å². The Labute approximate surface area is 191 Å². The van der Waals surface area contributed by atoms with E-state index in [1.165, 1.54) is 5.56 Å². The number of piperidine rings is 1. The maximum absolute atomic E-state index is 13.9. The molecule has 2 amide bonds. The van der Waals surface area contributed by atoms with Crippen LogP contribution in [0, 0.1) is 5.92 Å². The largest absolute Gasteiger partial charge is 0.378 e. The number of benzene rings is 1. The van der Waals surface area contributed by atoms with Gasteiger partial charge in [0.05, 0.1) is 19.3 Å². The minimum atomic E-state index is -0.358. The molecule has 2 fully saturated rings. The molecule has 1 aromatic carbocycles. The van der Waals surface area contributed by atoms with Gasteiger partial charge in [-0.2, -0.15) is 0 Å². The summed E-state index contributed by atoms with van der Waals surface area (Å²) in [5.74, 6) is 0.261. The molecular formula is C25H38N4O3. The van der Waals surface area contributed by atoms with Crippen LogP contribution in [0.2, 0.25) is 0 Å². The van der Waals surface area contributed by atoms with Crippen LogP contribution >= 0.6 is 0 Å². The number of aryl methyl sites for hydroxylation is 1. The Kier molecular flexibility index (Phi) is 7.81. The summed E-state index contributed by atoms with van der Waals surface area (Å²) in [5.41, 5.74) is 8.66. The highest BCUT2D eigenvalue weighted by atomic mass is 16.5. The number of ether oxygens (including phenoxy) is 1. The topological polar surface area (TPSA) is 87.9 Å². The lowest BCUT2D eigenvalue weighted by atomic mass is 9.81. The zero-order valence-corrected chi connectivity index (χ0v) is 19.4. The Hall–Kier alpha value is -1.96. The molecular weight excluding hydrogens is 404 g/mol. The van der Waals surface area contributed by atoms with Gasteiger partial charge in [-0.1, -0.05) is 19.1 Å². The van der Waals surface area contributed by atoms with E-state index in [2.05, 4.69) is 23.2 Å². The van der Waals surface area contributed by atoms with Crippen molar-refractivity contribution in [3.05, 3.63) is 34.9 Å². The first-order valence-corrected chi connectivity index (χ1v) is 12.3. The number of primary amides is 1. The molecule has 1 aliphatic carbocycles. The quantitative estimate of drug-likeness (QED) is 0.670. The molecule has 2 atom stereocenters. The molecule has 0 aromatic heterocycles. The molecule has 2 aliphatic heterocycles. The van der Waals surface area contributed by atoms with Crippen molar-refractivity contribution in [2.45, 2.75) is 57.5 Å². The number of fused-ring (bicyclic) bond motifs is 1. The average Bonchev–Trinajstić information content (AvgIpc) is 2.84. The monoisotopic (exact) mass is 442 g/mol. The molecule has 176 valence electrons. The van der Waals surface area contributed by atoms with Gasteiger partial charge in [0.15, 0.2) is 0 Å². The van der Waals surface area contributed by atoms with Crippen LogP contribution in [0.25, 0.3) is 0 Å². The van der Waals surface area contributed by atoms with Crippen molar-refractivity contribution in [3.8, 4) is 0 Å². The van der Waals surface area contributed by atoms with E-state index in [0.717, 1.165) is 63.7 Å². The Morgan fingerprint density at radius 3 is 2.66 bits per heavy atom. The van der Waals surface area contributed by atoms with Gasteiger partial charge in [0.2, 0.25) is 11.8 Å². The molecule has 7 heteroatoms. The number of carbonyl (C=O) groups is 2. The highest BCUT2D eigenvalue weighted by molar-refractivity contribution is 5.94. The van der Waals surface area contributed by atoms with Gasteiger partial charge in [0.25, 0.3) is 0 Å². The van der Waals surface area contributed by atoms with Crippen molar-refractivity contribution in [2.24, 2.45) is 11.7 Å². The maximum Gasteiger partial charge on any atom is 0.248 e. The molecule has 0 saturated carbocycles. The molecule has 2 heterocycles. The molecule has 7 nitrogen and oxygen atoms in total. The Morgan fingerprint density at radius 1 is 1.22 bits per heavy atom. The van der Waals surface area contributed by atoms with Gasteiger partial charge in [-0.05, 0) is 81.3 Å². The number of nitrogens with one attached hydrogen (secondary N) is 1. The SMILES string of the molecule is CCCN(C1CCc2cccc(C(N)=O)c2C1)C(C(=O)N1CCOCC1)C1CCNCC1. The second-order valence-electron chi connectivity index (χ2n) is 9.41. The number of nitrogens with two attached hydrogens (primary N) is 1. The summed E-state index contributed by atoms with van der Waals surface area (Å²) in [6.07, 6.45) is 5.76. The second-order valence-corrected chi connectivity index (χ2v) is 9.41. The third kappa shape index (κ3) is 5.00. The lowest BCUT2D eigenvalue weighted by Gasteiger charge is -2.45. The zero-order chi connectivity index (χ0) is 22.5. The summed E-state index contributed by atoms with van der Waals surface area (Å²) in [4.78, 5) is 30.5. The number of carbonyl (C=O) groups excluding carboxylic acids is 2. The predicted molar refractivity (Wildman–Crippen MR) is 125 cm³/mol. The van der Waals surface area contributed by atoms with E-state index in [1.807, 2.05) is 17.0 Å². The summed E-state index contributed by atoms with van der Waals surface area (Å²) in [5, 5.41) is 3.46. The molecule has 3 aliphatic rings. The molecule has 4 rings (SSSR count). The first-order chi connectivity index (χ1) is 15.6. The van der Waals surface area contributed by atoms with Crippen molar-refractivity contribution < 1.29 is 14.3 Å². The molecule has 0 bridgehead atoms. The van der Waals surface area contributed by atoms with E-state index in [0.29, 0.717) is 37.8 Å². The molecule has 2 unspecified atom stereocenters. The van der Waals surface area contributed by atoms with Gasteiger partial charge in [-0.15, -0.1) is 0 Å². The molecule has 0 spiro atoms. The smallest absolute Gasteiger partial charge is 0.248 e. The van der Waals surface area contributed by atoms with Gasteiger partial charge < -0.3 is 20.7 Å². The van der Waals surface area contributed by atoms with E-state index in [1.54, 1.807) is 0 Å². The van der Waals surface area contributed by atoms with E-state index in [4.69, 9.17) is 10.5 Å². The van der Waals surface area contributed by atoms with Crippen LogP contribution in [-0.4, -0.2) is 79.6 Å². The van der Waals surface area contributed by atoms with Gasteiger partial charge >= 0.3 is 0 Å². The van der Waals surface area contributed by atoms with Gasteiger partial charge in [0.1, 0.15) is 0 Å². The fourth-order valence-electron chi connectivity index (χ4n) is 5.84. The molecule has 32 heavy (non-hydrogen) atoms. The predicted octanol–water partition coefficient (Wildman–Crippen LogP) is 1.58. The summed E-state index contributed by atoms with van der Waals surface area (Å²) >= 11 is 0. The van der Waals surface area contributed by atoms with Crippen LogP contribution in [0.4, 0.5) is 0 Å². The van der Waals surface area contributed by atoms with Crippen LogP contribution in [-0.2, 0) is 22.4 Å². The van der Waals surface area contributed by atoms with Crippen LogP contribution in [0.15, 0.2) is 18.2 Å². The second kappa shape index (κ2) is 10.8. The number of nitrogens with zero attached hydrogens (tertiary/aromatic N) is 2. The summed E-state index contributed by atoms with van der Waals surface area (Å²) in [6, 6.07) is 6.03. The highest BCUT2D eigenvalue weighted by Gasteiger charge is 2.41. The standard InChI is InChI=1S/C25H38N4O3/c1-2-12-29(20-7-6-18-4-3-5-21(24(26)30)22(18)17-20)23(19-8-10-27-11-9-19)25(31)28-13-15-32-16-14-28/h3-5,19-20,23,27H,2,6-17H2,1H3,(H2,26,30). The van der Waals surface area contributed by atoms with Gasteiger partial charge in [-0.25, -0.2) is 0 Å². The summed E-state index contributed by atoms with van der Waals surface area (Å²) < 4.78 is 5.51. The van der Waals surface area contributed by atoms with Crippen molar-refractivity contribution in [2.75, 3.05) is 45.9 Å². The van der Waals surface area contributed by atoms with E-state index in [9.17, 15) is 9.59 Å². The molecule has 2 saturated heterocycles. The van der Waals surface area contributed by atoms with Crippen LogP contribution in [0.1, 0.15) is 54.1 Å². The van der Waals surface area contributed by atoms with E-state index >= 15 is 0 Å². The fraction of sp³-hybridized carbons (Fsp3) is 0.680. The van der Waals surface area contributed by atoms with Crippen LogP contribution in [0.5, 0.6) is 0 Å². The van der Waals surface area contributed by atoms with Gasteiger partial charge in [-0.3, -0.25) is 14.5 Å². The van der Waals surface area contributed by atoms with Crippen LogP contribution in [0.3, 0.4) is 0 Å². The molecule has 0 radical (unpaired) electrons. The fourth-order valence-corrected chi connectivity index (χ4v) is 5.84. The van der Waals surface area contributed by atoms with Crippen molar-refractivity contribution in [3.63, 3.8) is 0 Å². The minimum absolute atomic E-state index is 0.109. The number of hydrogen-bond acceptors (Lipinski definition) is 5. The van der Waals surface area contributed by atoms with Crippen molar-refractivity contribution >= 4 is 11.8 Å². The Morgan fingerprint density at radius 2 is 1.97 bits per heavy atom. The summed E-state index contributed by atoms with van der Waals surface area (Å²) in [7, 11) is 0. The lowest BCUT2D eigenvalue weighted by Crippen LogP contribution is -2.59. The average molecular weight is 443 g/mol. The maximum atomic E-state index is 13.9.